The van der Waals surface area contributed by atoms with Crippen molar-refractivity contribution in [3.05, 3.63) is 52.0 Å². The van der Waals surface area contributed by atoms with E-state index in [2.05, 4.69) is 65.1 Å². The van der Waals surface area contributed by atoms with Crippen LogP contribution >= 0.6 is 15.9 Å². The van der Waals surface area contributed by atoms with Crippen molar-refractivity contribution >= 4 is 27.7 Å². The molecule has 0 amide bonds. The molecule has 3 rings (SSSR count). The molecular weight excluding hydrogens is 422 g/mol. The molecule has 0 fully saturated rings. The SMILES string of the molecule is CCCCCCC1(CCCCCC)c2cc(Br)ccc2-c2ccc(N=C=O)cc21. The van der Waals surface area contributed by atoms with Gasteiger partial charge in [-0.05, 0) is 59.4 Å². The highest BCUT2D eigenvalue weighted by molar-refractivity contribution is 9.10. The number of nitrogens with zero attached hydrogens (tertiary/aromatic N) is 1. The molecule has 0 bridgehead atoms. The Morgan fingerprint density at radius 3 is 2.00 bits per heavy atom. The fourth-order valence-corrected chi connectivity index (χ4v) is 5.31. The number of aliphatic imine (C=N–C) groups is 1. The second-order valence-corrected chi connectivity index (χ2v) is 9.24. The van der Waals surface area contributed by atoms with Crippen LogP contribution in [-0.2, 0) is 10.2 Å². The number of benzene rings is 2. The first kappa shape index (κ1) is 22.0. The number of isocyanates is 1. The van der Waals surface area contributed by atoms with Crippen LogP contribution in [0.3, 0.4) is 0 Å². The Hall–Kier alpha value is -1.70. The minimum absolute atomic E-state index is 0.0182. The Morgan fingerprint density at radius 1 is 0.828 bits per heavy atom. The van der Waals surface area contributed by atoms with E-state index in [1.807, 2.05) is 6.07 Å². The highest BCUT2D eigenvalue weighted by Crippen LogP contribution is 2.55. The van der Waals surface area contributed by atoms with Gasteiger partial charge in [0.1, 0.15) is 0 Å². The number of rotatable bonds is 11. The zero-order valence-electron chi connectivity index (χ0n) is 17.8. The molecule has 2 aromatic rings. The van der Waals surface area contributed by atoms with Gasteiger partial charge < -0.3 is 0 Å². The third-order valence-corrected chi connectivity index (χ3v) is 6.89. The molecule has 1 aliphatic carbocycles. The highest BCUT2D eigenvalue weighted by atomic mass is 79.9. The van der Waals surface area contributed by atoms with Gasteiger partial charge in [0, 0.05) is 9.89 Å². The fourth-order valence-electron chi connectivity index (χ4n) is 4.95. The van der Waals surface area contributed by atoms with Gasteiger partial charge in [0.15, 0.2) is 0 Å². The first-order chi connectivity index (χ1) is 14.2. The van der Waals surface area contributed by atoms with E-state index in [4.69, 9.17) is 0 Å². The molecule has 2 aromatic carbocycles. The van der Waals surface area contributed by atoms with E-state index in [1.54, 1.807) is 6.08 Å². The molecule has 0 aromatic heterocycles. The lowest BCUT2D eigenvalue weighted by atomic mass is 9.70. The molecule has 0 N–H and O–H groups in total. The van der Waals surface area contributed by atoms with Crippen LogP contribution in [0.1, 0.15) is 89.2 Å². The van der Waals surface area contributed by atoms with Crippen molar-refractivity contribution < 1.29 is 4.79 Å². The monoisotopic (exact) mass is 453 g/mol. The standard InChI is InChI=1S/C26H32BrNO/c1-3-5-7-9-15-26(16-10-8-6-4-2)24-17-20(27)11-13-22(24)23-14-12-21(28-19-29)18-25(23)26/h11-14,17-18H,3-10,15-16H2,1-2H3. The van der Waals surface area contributed by atoms with Crippen molar-refractivity contribution in [2.45, 2.75) is 83.5 Å². The first-order valence-corrected chi connectivity index (χ1v) is 12.0. The van der Waals surface area contributed by atoms with E-state index < -0.39 is 0 Å². The molecule has 154 valence electrons. The lowest BCUT2D eigenvalue weighted by Crippen LogP contribution is -2.25. The molecule has 0 unspecified atom stereocenters. The summed E-state index contributed by atoms with van der Waals surface area (Å²) in [5, 5.41) is 0. The summed E-state index contributed by atoms with van der Waals surface area (Å²) in [6.45, 7) is 4.53. The van der Waals surface area contributed by atoms with Crippen LogP contribution in [0.2, 0.25) is 0 Å². The van der Waals surface area contributed by atoms with Gasteiger partial charge in [-0.3, -0.25) is 0 Å². The van der Waals surface area contributed by atoms with Gasteiger partial charge in [0.25, 0.3) is 0 Å². The largest absolute Gasteiger partial charge is 0.240 e. The maximum absolute atomic E-state index is 10.9. The minimum atomic E-state index is 0.0182. The van der Waals surface area contributed by atoms with Gasteiger partial charge in [0.2, 0.25) is 6.08 Å². The Labute approximate surface area is 184 Å². The second-order valence-electron chi connectivity index (χ2n) is 8.33. The van der Waals surface area contributed by atoms with Crippen molar-refractivity contribution in [2.24, 2.45) is 4.99 Å². The van der Waals surface area contributed by atoms with E-state index >= 15 is 0 Å². The molecule has 0 aliphatic heterocycles. The van der Waals surface area contributed by atoms with Crippen molar-refractivity contribution in [3.63, 3.8) is 0 Å². The summed E-state index contributed by atoms with van der Waals surface area (Å²) in [6.07, 6.45) is 14.1. The lowest BCUT2D eigenvalue weighted by molar-refractivity contribution is 0.401. The van der Waals surface area contributed by atoms with Crippen molar-refractivity contribution in [1.29, 1.82) is 0 Å². The maximum atomic E-state index is 10.9. The Morgan fingerprint density at radius 2 is 1.41 bits per heavy atom. The average Bonchev–Trinajstić information content (AvgIpc) is 2.98. The van der Waals surface area contributed by atoms with Gasteiger partial charge in [-0.1, -0.05) is 93.3 Å². The molecule has 3 heteroatoms. The zero-order valence-corrected chi connectivity index (χ0v) is 19.4. The molecular formula is C26H32BrNO. The van der Waals surface area contributed by atoms with Crippen LogP contribution in [0.25, 0.3) is 11.1 Å². The molecule has 0 atom stereocenters. The molecule has 29 heavy (non-hydrogen) atoms. The molecule has 0 radical (unpaired) electrons. The van der Waals surface area contributed by atoms with E-state index in [9.17, 15) is 4.79 Å². The highest BCUT2D eigenvalue weighted by Gasteiger charge is 2.42. The summed E-state index contributed by atoms with van der Waals surface area (Å²) in [7, 11) is 0. The predicted octanol–water partition coefficient (Wildman–Crippen LogP) is 8.62. The number of hydrogen-bond donors (Lipinski definition) is 0. The van der Waals surface area contributed by atoms with E-state index in [1.165, 1.54) is 73.6 Å². The van der Waals surface area contributed by atoms with Crippen LogP contribution in [0.4, 0.5) is 5.69 Å². The molecule has 0 saturated heterocycles. The van der Waals surface area contributed by atoms with Crippen LogP contribution in [0.5, 0.6) is 0 Å². The Balaban J connectivity index is 2.08. The quantitative estimate of drug-likeness (QED) is 0.190. The third kappa shape index (κ3) is 4.73. The van der Waals surface area contributed by atoms with Crippen molar-refractivity contribution in [3.8, 4) is 11.1 Å². The van der Waals surface area contributed by atoms with Crippen molar-refractivity contribution in [1.82, 2.24) is 0 Å². The second kappa shape index (κ2) is 10.4. The Kier molecular flexibility index (Phi) is 7.86. The summed E-state index contributed by atoms with van der Waals surface area (Å²) >= 11 is 3.72. The predicted molar refractivity (Wildman–Crippen MR) is 126 cm³/mol. The zero-order chi connectivity index (χ0) is 20.7. The average molecular weight is 454 g/mol. The summed E-state index contributed by atoms with van der Waals surface area (Å²) in [4.78, 5) is 14.8. The number of halogens is 1. The van der Waals surface area contributed by atoms with E-state index in [-0.39, 0.29) is 5.41 Å². The normalized spacial score (nSPS) is 13.6. The van der Waals surface area contributed by atoms with Crippen LogP contribution < -0.4 is 0 Å². The van der Waals surface area contributed by atoms with Gasteiger partial charge >= 0.3 is 0 Å². The summed E-state index contributed by atoms with van der Waals surface area (Å²) in [5.41, 5.74) is 6.19. The lowest BCUT2D eigenvalue weighted by Gasteiger charge is -2.33. The van der Waals surface area contributed by atoms with Gasteiger partial charge in [-0.2, -0.15) is 4.99 Å². The van der Waals surface area contributed by atoms with Crippen LogP contribution in [0, 0.1) is 0 Å². The topological polar surface area (TPSA) is 29.4 Å². The molecule has 1 aliphatic rings. The van der Waals surface area contributed by atoms with Gasteiger partial charge in [0.05, 0.1) is 5.69 Å². The molecule has 0 heterocycles. The van der Waals surface area contributed by atoms with Crippen LogP contribution in [-0.4, -0.2) is 6.08 Å². The van der Waals surface area contributed by atoms with E-state index in [0.29, 0.717) is 0 Å². The van der Waals surface area contributed by atoms with Crippen molar-refractivity contribution in [2.75, 3.05) is 0 Å². The number of fused-ring (bicyclic) bond motifs is 3. The molecule has 0 saturated carbocycles. The minimum Gasteiger partial charge on any atom is -0.211 e. The van der Waals surface area contributed by atoms with Gasteiger partial charge in [-0.15, -0.1) is 0 Å². The van der Waals surface area contributed by atoms with Crippen LogP contribution in [0.15, 0.2) is 45.9 Å². The molecule has 2 nitrogen and oxygen atoms in total. The third-order valence-electron chi connectivity index (χ3n) is 6.40. The molecule has 0 spiro atoms. The summed E-state index contributed by atoms with van der Waals surface area (Å²) < 4.78 is 1.14. The number of unbranched alkanes of at least 4 members (excludes halogenated alkanes) is 6. The summed E-state index contributed by atoms with van der Waals surface area (Å²) in [6, 6.07) is 13.0. The van der Waals surface area contributed by atoms with E-state index in [0.717, 1.165) is 23.0 Å². The Bertz CT molecular complexity index is 870. The smallest absolute Gasteiger partial charge is 0.211 e. The number of carbonyl (C=O) groups excluding carboxylic acids is 1. The maximum Gasteiger partial charge on any atom is 0.240 e. The fraction of sp³-hybridized carbons (Fsp3) is 0.500. The first-order valence-electron chi connectivity index (χ1n) is 11.2. The number of hydrogen-bond acceptors (Lipinski definition) is 2. The summed E-state index contributed by atoms with van der Waals surface area (Å²) in [5.74, 6) is 0. The van der Waals surface area contributed by atoms with Gasteiger partial charge in [-0.25, -0.2) is 4.79 Å².